The number of carbonyl (C=O) groups is 2. The summed E-state index contributed by atoms with van der Waals surface area (Å²) in [7, 11) is 0. The van der Waals surface area contributed by atoms with Crippen molar-refractivity contribution in [2.45, 2.75) is 38.3 Å². The molecule has 1 N–H and O–H groups in total. The molecule has 0 spiro atoms. The predicted molar refractivity (Wildman–Crippen MR) is 118 cm³/mol. The van der Waals surface area contributed by atoms with Crippen LogP contribution in [0.5, 0.6) is 0 Å². The van der Waals surface area contributed by atoms with Crippen molar-refractivity contribution in [3.8, 4) is 0 Å². The Balaban J connectivity index is 1.38. The van der Waals surface area contributed by atoms with Crippen LogP contribution < -0.4 is 5.32 Å². The third kappa shape index (κ3) is 4.90. The highest BCUT2D eigenvalue weighted by Crippen LogP contribution is 2.31. The molecule has 2 aromatic rings. The molecule has 2 amide bonds. The summed E-state index contributed by atoms with van der Waals surface area (Å²) in [6.45, 7) is 3.40. The molecule has 158 valence electrons. The molecular formula is C25H31N3O2. The lowest BCUT2D eigenvalue weighted by atomic mass is 9.94. The molecule has 5 heteroatoms. The summed E-state index contributed by atoms with van der Waals surface area (Å²) in [5.41, 5.74) is 1.85. The summed E-state index contributed by atoms with van der Waals surface area (Å²) in [5.74, 6) is 0.631. The standard InChI is InChI=1S/C25H31N3O2/c29-24(26-19-20-9-3-1-4-10-20)23(21-11-7-8-12-21)27-15-17-28(18-16-27)25(30)22-13-5-2-6-14-22/h1-6,9-10,13-14,21,23H,7-8,11-12,15-19H2,(H,26,29). The number of nitrogens with one attached hydrogen (secondary N) is 1. The number of hydrogen-bond donors (Lipinski definition) is 1. The van der Waals surface area contributed by atoms with Gasteiger partial charge in [0.2, 0.25) is 5.91 Å². The van der Waals surface area contributed by atoms with E-state index in [4.69, 9.17) is 0 Å². The lowest BCUT2D eigenvalue weighted by Gasteiger charge is -2.40. The Bertz CT molecular complexity index is 826. The van der Waals surface area contributed by atoms with Crippen LogP contribution in [-0.4, -0.2) is 53.8 Å². The highest BCUT2D eigenvalue weighted by molar-refractivity contribution is 5.94. The van der Waals surface area contributed by atoms with Crippen LogP contribution in [0.1, 0.15) is 41.6 Å². The molecule has 0 radical (unpaired) electrons. The quantitative estimate of drug-likeness (QED) is 0.802. The second-order valence-corrected chi connectivity index (χ2v) is 8.39. The Morgan fingerprint density at radius 1 is 0.867 bits per heavy atom. The molecule has 1 saturated carbocycles. The Labute approximate surface area is 179 Å². The van der Waals surface area contributed by atoms with Crippen molar-refractivity contribution in [1.82, 2.24) is 15.1 Å². The Morgan fingerprint density at radius 3 is 2.10 bits per heavy atom. The molecule has 0 bridgehead atoms. The number of benzene rings is 2. The number of amides is 2. The first kappa shape index (κ1) is 20.6. The van der Waals surface area contributed by atoms with Crippen molar-refractivity contribution in [3.63, 3.8) is 0 Å². The Hall–Kier alpha value is -2.66. The summed E-state index contributed by atoms with van der Waals surface area (Å²) in [6, 6.07) is 19.4. The van der Waals surface area contributed by atoms with Gasteiger partial charge < -0.3 is 10.2 Å². The Kier molecular flexibility index (Phi) is 6.80. The molecule has 1 atom stereocenters. The SMILES string of the molecule is O=C(NCc1ccccc1)C(C1CCCC1)N1CCN(C(=O)c2ccccc2)CC1. The van der Waals surface area contributed by atoms with E-state index in [1.165, 1.54) is 12.8 Å². The van der Waals surface area contributed by atoms with Crippen LogP contribution >= 0.6 is 0 Å². The van der Waals surface area contributed by atoms with Gasteiger partial charge in [0.25, 0.3) is 5.91 Å². The summed E-state index contributed by atoms with van der Waals surface area (Å²) in [4.78, 5) is 30.2. The van der Waals surface area contributed by atoms with Crippen molar-refractivity contribution in [1.29, 1.82) is 0 Å². The van der Waals surface area contributed by atoms with Crippen LogP contribution in [0.3, 0.4) is 0 Å². The fourth-order valence-electron chi connectivity index (χ4n) is 4.81. The minimum atomic E-state index is -0.0924. The number of hydrogen-bond acceptors (Lipinski definition) is 3. The average molecular weight is 406 g/mol. The van der Waals surface area contributed by atoms with Crippen molar-refractivity contribution < 1.29 is 9.59 Å². The second-order valence-electron chi connectivity index (χ2n) is 8.39. The van der Waals surface area contributed by atoms with Crippen molar-refractivity contribution >= 4 is 11.8 Å². The highest BCUT2D eigenvalue weighted by Gasteiger charge is 2.37. The van der Waals surface area contributed by atoms with E-state index in [1.54, 1.807) is 0 Å². The minimum absolute atomic E-state index is 0.0844. The molecule has 1 heterocycles. The summed E-state index contributed by atoms with van der Waals surface area (Å²) >= 11 is 0. The van der Waals surface area contributed by atoms with E-state index in [-0.39, 0.29) is 17.9 Å². The largest absolute Gasteiger partial charge is 0.351 e. The zero-order chi connectivity index (χ0) is 20.8. The maximum Gasteiger partial charge on any atom is 0.253 e. The van der Waals surface area contributed by atoms with E-state index in [0.29, 0.717) is 25.6 Å². The number of piperazine rings is 1. The smallest absolute Gasteiger partial charge is 0.253 e. The zero-order valence-electron chi connectivity index (χ0n) is 17.5. The van der Waals surface area contributed by atoms with Gasteiger partial charge in [-0.25, -0.2) is 0 Å². The molecule has 30 heavy (non-hydrogen) atoms. The molecule has 2 fully saturated rings. The zero-order valence-corrected chi connectivity index (χ0v) is 17.5. The molecule has 2 aliphatic rings. The molecule has 1 aliphatic carbocycles. The molecular weight excluding hydrogens is 374 g/mol. The van der Waals surface area contributed by atoms with Gasteiger partial charge in [0.15, 0.2) is 0 Å². The molecule has 1 aliphatic heterocycles. The summed E-state index contributed by atoms with van der Waals surface area (Å²) < 4.78 is 0. The molecule has 2 aromatic carbocycles. The van der Waals surface area contributed by atoms with E-state index in [0.717, 1.165) is 37.1 Å². The third-order valence-electron chi connectivity index (χ3n) is 6.44. The normalized spacial score (nSPS) is 18.9. The maximum atomic E-state index is 13.2. The lowest BCUT2D eigenvalue weighted by Crippen LogP contribution is -2.57. The van der Waals surface area contributed by atoms with Crippen LogP contribution in [-0.2, 0) is 11.3 Å². The molecule has 0 aromatic heterocycles. The first-order valence-electron chi connectivity index (χ1n) is 11.1. The highest BCUT2D eigenvalue weighted by atomic mass is 16.2. The number of rotatable bonds is 6. The summed E-state index contributed by atoms with van der Waals surface area (Å²) in [5, 5.41) is 3.17. The molecule has 1 unspecified atom stereocenters. The predicted octanol–water partition coefficient (Wildman–Crippen LogP) is 3.32. The molecule has 5 nitrogen and oxygen atoms in total. The van der Waals surface area contributed by atoms with Gasteiger partial charge in [-0.2, -0.15) is 0 Å². The van der Waals surface area contributed by atoms with E-state index < -0.39 is 0 Å². The third-order valence-corrected chi connectivity index (χ3v) is 6.44. The van der Waals surface area contributed by atoms with Crippen molar-refractivity contribution in [3.05, 3.63) is 71.8 Å². The van der Waals surface area contributed by atoms with Crippen LogP contribution in [0, 0.1) is 5.92 Å². The maximum absolute atomic E-state index is 13.2. The van der Waals surface area contributed by atoms with Crippen molar-refractivity contribution in [2.75, 3.05) is 26.2 Å². The van der Waals surface area contributed by atoms with E-state index in [2.05, 4.69) is 10.2 Å². The summed E-state index contributed by atoms with van der Waals surface area (Å²) in [6.07, 6.45) is 4.65. The topological polar surface area (TPSA) is 52.7 Å². The van der Waals surface area contributed by atoms with Gasteiger partial charge in [-0.05, 0) is 36.5 Å². The minimum Gasteiger partial charge on any atom is -0.351 e. The van der Waals surface area contributed by atoms with Crippen LogP contribution in [0.2, 0.25) is 0 Å². The van der Waals surface area contributed by atoms with Gasteiger partial charge in [-0.15, -0.1) is 0 Å². The Morgan fingerprint density at radius 2 is 1.47 bits per heavy atom. The molecule has 1 saturated heterocycles. The van der Waals surface area contributed by atoms with E-state index >= 15 is 0 Å². The second kappa shape index (κ2) is 9.90. The van der Waals surface area contributed by atoms with Crippen LogP contribution in [0.25, 0.3) is 0 Å². The first-order chi connectivity index (χ1) is 14.7. The lowest BCUT2D eigenvalue weighted by molar-refractivity contribution is -0.129. The van der Waals surface area contributed by atoms with Gasteiger partial charge >= 0.3 is 0 Å². The van der Waals surface area contributed by atoms with E-state index in [9.17, 15) is 9.59 Å². The number of carbonyl (C=O) groups excluding carboxylic acids is 2. The van der Waals surface area contributed by atoms with Gasteiger partial charge in [0.05, 0.1) is 6.04 Å². The first-order valence-corrected chi connectivity index (χ1v) is 11.1. The monoisotopic (exact) mass is 405 g/mol. The van der Waals surface area contributed by atoms with Gasteiger partial charge in [0.1, 0.15) is 0 Å². The molecule has 4 rings (SSSR count). The fraction of sp³-hybridized carbons (Fsp3) is 0.440. The van der Waals surface area contributed by atoms with Gasteiger partial charge in [-0.3, -0.25) is 14.5 Å². The number of nitrogens with zero attached hydrogens (tertiary/aromatic N) is 2. The fourth-order valence-corrected chi connectivity index (χ4v) is 4.81. The van der Waals surface area contributed by atoms with E-state index in [1.807, 2.05) is 65.6 Å². The van der Waals surface area contributed by atoms with Crippen molar-refractivity contribution in [2.24, 2.45) is 5.92 Å². The van der Waals surface area contributed by atoms with Gasteiger partial charge in [-0.1, -0.05) is 61.4 Å². The van der Waals surface area contributed by atoms with Crippen LogP contribution in [0.15, 0.2) is 60.7 Å². The average Bonchev–Trinajstić information content (AvgIpc) is 3.33. The van der Waals surface area contributed by atoms with Crippen LogP contribution in [0.4, 0.5) is 0 Å². The van der Waals surface area contributed by atoms with Gasteiger partial charge in [0, 0.05) is 38.3 Å².